The van der Waals surface area contributed by atoms with Gasteiger partial charge in [-0.25, -0.2) is 0 Å². The minimum Gasteiger partial charge on any atom is -0.497 e. The molecule has 0 saturated heterocycles. The number of hydrogen-bond donors (Lipinski definition) is 1. The number of rotatable bonds is 7. The molecular formula is C18H23N3O3. The van der Waals surface area contributed by atoms with Crippen LogP contribution in [0.2, 0.25) is 0 Å². The lowest BCUT2D eigenvalue weighted by Gasteiger charge is -2.29. The van der Waals surface area contributed by atoms with Crippen molar-refractivity contribution < 1.29 is 14.3 Å². The van der Waals surface area contributed by atoms with Crippen molar-refractivity contribution in [2.24, 2.45) is 5.92 Å². The molecule has 24 heavy (non-hydrogen) atoms. The molecule has 1 saturated carbocycles. The SMILES string of the molecule is COc1ccc(CN(C(=O)c2ccn[nH]2)C(C)C2CC2)c(OC)c1. The largest absolute Gasteiger partial charge is 0.497 e. The zero-order valence-corrected chi connectivity index (χ0v) is 14.3. The van der Waals surface area contributed by atoms with Gasteiger partial charge < -0.3 is 14.4 Å². The Kier molecular flexibility index (Phi) is 4.74. The van der Waals surface area contributed by atoms with Crippen molar-refractivity contribution in [1.29, 1.82) is 0 Å². The minimum atomic E-state index is -0.0372. The molecule has 0 bridgehead atoms. The summed E-state index contributed by atoms with van der Waals surface area (Å²) in [6, 6.07) is 7.56. The van der Waals surface area contributed by atoms with E-state index in [-0.39, 0.29) is 11.9 Å². The van der Waals surface area contributed by atoms with Gasteiger partial charge in [0.2, 0.25) is 0 Å². The van der Waals surface area contributed by atoms with Gasteiger partial charge >= 0.3 is 0 Å². The van der Waals surface area contributed by atoms with E-state index in [2.05, 4.69) is 17.1 Å². The molecule has 1 aliphatic carbocycles. The molecule has 1 amide bonds. The summed E-state index contributed by atoms with van der Waals surface area (Å²) in [5.74, 6) is 1.99. The molecule has 6 nitrogen and oxygen atoms in total. The van der Waals surface area contributed by atoms with Crippen LogP contribution in [0.1, 0.15) is 35.8 Å². The lowest BCUT2D eigenvalue weighted by molar-refractivity contribution is 0.0646. The third kappa shape index (κ3) is 3.37. The van der Waals surface area contributed by atoms with Crippen LogP contribution in [0.3, 0.4) is 0 Å². The van der Waals surface area contributed by atoms with Crippen LogP contribution in [0.5, 0.6) is 11.5 Å². The Hall–Kier alpha value is -2.50. The van der Waals surface area contributed by atoms with Gasteiger partial charge in [-0.2, -0.15) is 5.10 Å². The first-order valence-electron chi connectivity index (χ1n) is 8.15. The van der Waals surface area contributed by atoms with Gasteiger partial charge in [0.05, 0.1) is 14.2 Å². The Morgan fingerprint density at radius 3 is 2.71 bits per heavy atom. The van der Waals surface area contributed by atoms with Crippen molar-refractivity contribution in [3.63, 3.8) is 0 Å². The van der Waals surface area contributed by atoms with E-state index in [1.807, 2.05) is 23.1 Å². The first kappa shape index (κ1) is 16.4. The van der Waals surface area contributed by atoms with Crippen molar-refractivity contribution in [3.05, 3.63) is 41.7 Å². The predicted molar refractivity (Wildman–Crippen MR) is 90.2 cm³/mol. The summed E-state index contributed by atoms with van der Waals surface area (Å²) < 4.78 is 10.7. The number of hydrogen-bond acceptors (Lipinski definition) is 4. The lowest BCUT2D eigenvalue weighted by atomic mass is 10.1. The molecule has 1 aromatic carbocycles. The Labute approximate surface area is 141 Å². The zero-order chi connectivity index (χ0) is 17.1. The van der Waals surface area contributed by atoms with E-state index in [1.165, 1.54) is 12.8 Å². The average molecular weight is 329 g/mol. The van der Waals surface area contributed by atoms with Gasteiger partial charge in [-0.15, -0.1) is 0 Å². The molecule has 1 fully saturated rings. The third-order valence-electron chi connectivity index (χ3n) is 4.62. The molecule has 3 rings (SSSR count). The molecule has 1 N–H and O–H groups in total. The number of carbonyl (C=O) groups is 1. The molecule has 128 valence electrons. The monoisotopic (exact) mass is 329 g/mol. The van der Waals surface area contributed by atoms with E-state index in [0.29, 0.717) is 18.2 Å². The Morgan fingerprint density at radius 2 is 2.12 bits per heavy atom. The first-order chi connectivity index (χ1) is 11.6. The van der Waals surface area contributed by atoms with Crippen molar-refractivity contribution in [2.75, 3.05) is 14.2 Å². The van der Waals surface area contributed by atoms with Gasteiger partial charge in [0.1, 0.15) is 17.2 Å². The summed E-state index contributed by atoms with van der Waals surface area (Å²) in [4.78, 5) is 14.8. The van der Waals surface area contributed by atoms with Gasteiger partial charge in [-0.3, -0.25) is 9.89 Å². The number of carbonyl (C=O) groups excluding carboxylic acids is 1. The second kappa shape index (κ2) is 6.95. The second-order valence-corrected chi connectivity index (χ2v) is 6.16. The Morgan fingerprint density at radius 1 is 1.33 bits per heavy atom. The number of H-pyrrole nitrogens is 1. The van der Waals surface area contributed by atoms with Crippen molar-refractivity contribution in [1.82, 2.24) is 15.1 Å². The number of amides is 1. The summed E-state index contributed by atoms with van der Waals surface area (Å²) in [7, 11) is 3.25. The van der Waals surface area contributed by atoms with Gasteiger partial charge in [-0.05, 0) is 43.9 Å². The number of nitrogens with one attached hydrogen (secondary N) is 1. The molecule has 1 aromatic heterocycles. The predicted octanol–water partition coefficient (Wildman–Crippen LogP) is 2.87. The van der Waals surface area contributed by atoms with Crippen LogP contribution in [0.15, 0.2) is 30.5 Å². The first-order valence-corrected chi connectivity index (χ1v) is 8.15. The number of nitrogens with zero attached hydrogens (tertiary/aromatic N) is 2. The van der Waals surface area contributed by atoms with Crippen molar-refractivity contribution in [3.8, 4) is 11.5 Å². The highest BCUT2D eigenvalue weighted by molar-refractivity contribution is 5.92. The summed E-state index contributed by atoms with van der Waals surface area (Å²) in [6.45, 7) is 2.60. The highest BCUT2D eigenvalue weighted by Crippen LogP contribution is 2.37. The summed E-state index contributed by atoms with van der Waals surface area (Å²) in [6.07, 6.45) is 3.95. The van der Waals surface area contributed by atoms with E-state index in [1.54, 1.807) is 26.5 Å². The molecule has 0 spiro atoms. The van der Waals surface area contributed by atoms with Gasteiger partial charge in [0.15, 0.2) is 0 Å². The number of methoxy groups -OCH3 is 2. The smallest absolute Gasteiger partial charge is 0.272 e. The highest BCUT2D eigenvalue weighted by Gasteiger charge is 2.35. The number of aromatic nitrogens is 2. The summed E-state index contributed by atoms with van der Waals surface area (Å²) in [5, 5.41) is 6.67. The minimum absolute atomic E-state index is 0.0372. The summed E-state index contributed by atoms with van der Waals surface area (Å²) >= 11 is 0. The van der Waals surface area contributed by atoms with E-state index in [9.17, 15) is 4.79 Å². The van der Waals surface area contributed by atoms with Gasteiger partial charge in [-0.1, -0.05) is 0 Å². The molecule has 0 radical (unpaired) electrons. The maximum Gasteiger partial charge on any atom is 0.272 e. The fourth-order valence-electron chi connectivity index (χ4n) is 2.93. The molecular weight excluding hydrogens is 306 g/mol. The zero-order valence-electron chi connectivity index (χ0n) is 14.3. The van der Waals surface area contributed by atoms with Crippen LogP contribution in [-0.4, -0.2) is 41.3 Å². The van der Waals surface area contributed by atoms with Crippen LogP contribution in [0.4, 0.5) is 0 Å². The van der Waals surface area contributed by atoms with Crippen LogP contribution >= 0.6 is 0 Å². The number of aromatic amines is 1. The maximum atomic E-state index is 12.9. The fourth-order valence-corrected chi connectivity index (χ4v) is 2.93. The lowest BCUT2D eigenvalue weighted by Crippen LogP contribution is -2.39. The van der Waals surface area contributed by atoms with Crippen LogP contribution < -0.4 is 9.47 Å². The Balaban J connectivity index is 1.87. The van der Waals surface area contributed by atoms with E-state index >= 15 is 0 Å². The van der Waals surface area contributed by atoms with Gasteiger partial charge in [0, 0.05) is 30.4 Å². The number of ether oxygens (including phenoxy) is 2. The van der Waals surface area contributed by atoms with E-state index in [0.717, 1.165) is 17.1 Å². The molecule has 2 aromatic rings. The summed E-state index contributed by atoms with van der Waals surface area (Å²) in [5.41, 5.74) is 1.47. The van der Waals surface area contributed by atoms with Gasteiger partial charge in [0.25, 0.3) is 5.91 Å². The molecule has 1 heterocycles. The topological polar surface area (TPSA) is 67.5 Å². The number of benzene rings is 1. The van der Waals surface area contributed by atoms with Crippen LogP contribution in [-0.2, 0) is 6.54 Å². The molecule has 6 heteroatoms. The quantitative estimate of drug-likeness (QED) is 0.848. The average Bonchev–Trinajstić information content (AvgIpc) is 3.32. The van der Waals surface area contributed by atoms with E-state index in [4.69, 9.17) is 9.47 Å². The maximum absolute atomic E-state index is 12.9. The molecule has 1 atom stereocenters. The molecule has 1 aliphatic rings. The molecule has 1 unspecified atom stereocenters. The second-order valence-electron chi connectivity index (χ2n) is 6.16. The third-order valence-corrected chi connectivity index (χ3v) is 4.62. The Bertz CT molecular complexity index is 696. The highest BCUT2D eigenvalue weighted by atomic mass is 16.5. The normalized spacial score (nSPS) is 15.0. The fraction of sp³-hybridized carbons (Fsp3) is 0.444. The van der Waals surface area contributed by atoms with Crippen LogP contribution in [0.25, 0.3) is 0 Å². The standard InChI is InChI=1S/C18H23N3O3/c1-12(13-4-5-13)21(18(22)16-8-9-19-20-16)11-14-6-7-15(23-2)10-17(14)24-3/h6-10,12-13H,4-5,11H2,1-3H3,(H,19,20). The van der Waals surface area contributed by atoms with E-state index < -0.39 is 0 Å². The van der Waals surface area contributed by atoms with Crippen molar-refractivity contribution in [2.45, 2.75) is 32.4 Å². The van der Waals surface area contributed by atoms with Crippen LogP contribution in [0, 0.1) is 5.92 Å². The van der Waals surface area contributed by atoms with Crippen molar-refractivity contribution >= 4 is 5.91 Å². The molecule has 0 aliphatic heterocycles.